The highest BCUT2D eigenvalue weighted by molar-refractivity contribution is 6.31. The van der Waals surface area contributed by atoms with Gasteiger partial charge in [-0.25, -0.2) is 0 Å². The zero-order chi connectivity index (χ0) is 14.5. The first-order chi connectivity index (χ1) is 9.34. The van der Waals surface area contributed by atoms with Crippen LogP contribution in [0.4, 0.5) is 5.69 Å². The molecule has 1 aromatic carbocycles. The molecule has 2 unspecified atom stereocenters. The molecule has 2 N–H and O–H groups in total. The van der Waals surface area contributed by atoms with Gasteiger partial charge in [0.05, 0.1) is 12.1 Å². The van der Waals surface area contributed by atoms with Crippen LogP contribution in [0.15, 0.2) is 29.3 Å². The van der Waals surface area contributed by atoms with Crippen LogP contribution in [-0.4, -0.2) is 18.0 Å². The summed E-state index contributed by atoms with van der Waals surface area (Å²) in [4.78, 5) is 6.77. The summed E-state index contributed by atoms with van der Waals surface area (Å²) in [5.41, 5.74) is 7.60. The molecular weight excluding hydrogens is 270 g/mol. The molecule has 1 aliphatic heterocycles. The Balaban J connectivity index is 2.05. The average Bonchev–Trinajstić information content (AvgIpc) is 2.77. The van der Waals surface area contributed by atoms with Gasteiger partial charge in [0, 0.05) is 10.7 Å². The van der Waals surface area contributed by atoms with Crippen LogP contribution in [0.5, 0.6) is 0 Å². The molecule has 1 spiro atoms. The van der Waals surface area contributed by atoms with Gasteiger partial charge < -0.3 is 10.6 Å². The van der Waals surface area contributed by atoms with Crippen LogP contribution in [0.3, 0.4) is 0 Å². The van der Waals surface area contributed by atoms with Crippen molar-refractivity contribution in [2.45, 2.75) is 39.2 Å². The highest BCUT2D eigenvalue weighted by Gasteiger charge is 2.55. The van der Waals surface area contributed by atoms with E-state index in [4.69, 9.17) is 17.3 Å². The first-order valence-electron chi connectivity index (χ1n) is 7.20. The van der Waals surface area contributed by atoms with Crippen molar-refractivity contribution in [2.75, 3.05) is 11.4 Å². The Bertz CT molecular complexity index is 567. The summed E-state index contributed by atoms with van der Waals surface area (Å²) in [5, 5.41) is 0.738. The van der Waals surface area contributed by atoms with Gasteiger partial charge in [-0.2, -0.15) is 0 Å². The number of nitrogens with two attached hydrogens (primary N) is 1. The van der Waals surface area contributed by atoms with Gasteiger partial charge in [-0.05, 0) is 42.4 Å². The molecule has 20 heavy (non-hydrogen) atoms. The van der Waals surface area contributed by atoms with Crippen LogP contribution in [-0.2, 0) is 0 Å². The average molecular weight is 292 g/mol. The monoisotopic (exact) mass is 291 g/mol. The predicted molar refractivity (Wildman–Crippen MR) is 85.3 cm³/mol. The Morgan fingerprint density at radius 2 is 2.15 bits per heavy atom. The maximum absolute atomic E-state index is 6.20. The Kier molecular flexibility index (Phi) is 3.02. The summed E-state index contributed by atoms with van der Waals surface area (Å²) >= 11 is 6.15. The van der Waals surface area contributed by atoms with Crippen LogP contribution >= 0.6 is 11.6 Å². The summed E-state index contributed by atoms with van der Waals surface area (Å²) in [6.45, 7) is 7.78. The van der Waals surface area contributed by atoms with Gasteiger partial charge in [-0.15, -0.1) is 0 Å². The van der Waals surface area contributed by atoms with E-state index >= 15 is 0 Å². The largest absolute Gasteiger partial charge is 0.369 e. The fourth-order valence-corrected chi connectivity index (χ4v) is 4.38. The molecule has 1 aliphatic carbocycles. The molecule has 1 aromatic rings. The highest BCUT2D eigenvalue weighted by Crippen LogP contribution is 2.53. The van der Waals surface area contributed by atoms with E-state index in [0.29, 0.717) is 17.3 Å². The van der Waals surface area contributed by atoms with Crippen molar-refractivity contribution in [1.29, 1.82) is 0 Å². The lowest BCUT2D eigenvalue weighted by atomic mass is 9.85. The topological polar surface area (TPSA) is 41.6 Å². The molecule has 0 radical (unpaired) electrons. The Morgan fingerprint density at radius 1 is 1.40 bits per heavy atom. The van der Waals surface area contributed by atoms with Crippen molar-refractivity contribution in [2.24, 2.45) is 22.1 Å². The number of aliphatic imine (C=N–C) groups is 1. The van der Waals surface area contributed by atoms with E-state index in [0.717, 1.165) is 23.7 Å². The van der Waals surface area contributed by atoms with Crippen LogP contribution in [0.2, 0.25) is 5.02 Å². The zero-order valence-electron chi connectivity index (χ0n) is 12.4. The quantitative estimate of drug-likeness (QED) is 0.858. The number of hydrogen-bond donors (Lipinski definition) is 1. The maximum Gasteiger partial charge on any atom is 0.196 e. The Morgan fingerprint density at radius 3 is 2.75 bits per heavy atom. The molecule has 1 saturated carbocycles. The molecule has 3 rings (SSSR count). The molecule has 1 fully saturated rings. The van der Waals surface area contributed by atoms with Gasteiger partial charge >= 0.3 is 0 Å². The second kappa shape index (κ2) is 4.39. The third-order valence-electron chi connectivity index (χ3n) is 4.82. The van der Waals surface area contributed by atoms with Gasteiger partial charge in [-0.1, -0.05) is 38.4 Å². The summed E-state index contributed by atoms with van der Waals surface area (Å²) in [6, 6.07) is 7.92. The fourth-order valence-electron chi connectivity index (χ4n) is 4.20. The molecule has 108 valence electrons. The Hall–Kier alpha value is -1.22. The molecule has 0 aromatic heterocycles. The maximum atomic E-state index is 6.20. The highest BCUT2D eigenvalue weighted by atomic mass is 35.5. The van der Waals surface area contributed by atoms with E-state index in [9.17, 15) is 0 Å². The number of anilines is 1. The van der Waals surface area contributed by atoms with Crippen LogP contribution in [0, 0.1) is 11.3 Å². The zero-order valence-corrected chi connectivity index (χ0v) is 13.1. The minimum Gasteiger partial charge on any atom is -0.369 e. The van der Waals surface area contributed by atoms with E-state index in [2.05, 4.69) is 36.7 Å². The number of guanidine groups is 1. The lowest BCUT2D eigenvalue weighted by molar-refractivity contribution is 0.341. The molecule has 0 amide bonds. The number of nitrogens with zero attached hydrogens (tertiary/aromatic N) is 2. The lowest BCUT2D eigenvalue weighted by Gasteiger charge is -2.40. The van der Waals surface area contributed by atoms with E-state index in [1.54, 1.807) is 0 Å². The molecule has 0 saturated heterocycles. The second-order valence-corrected chi connectivity index (χ2v) is 7.48. The SMILES string of the molecule is CC1CC(C)(C)CC12CN=C(N)N2c1cccc(Cl)c1. The first kappa shape index (κ1) is 13.7. The minimum atomic E-state index is 0.0122. The molecule has 1 heterocycles. The second-order valence-electron chi connectivity index (χ2n) is 7.04. The van der Waals surface area contributed by atoms with Gasteiger partial charge in [0.25, 0.3) is 0 Å². The standard InChI is InChI=1S/C16H22ClN3/c1-11-8-15(2,3)9-16(11)10-19-14(18)20(16)13-6-4-5-12(17)7-13/h4-7,11H,8-10H2,1-3H3,(H2,18,19). The third-order valence-corrected chi connectivity index (χ3v) is 5.05. The van der Waals surface area contributed by atoms with Crippen molar-refractivity contribution in [1.82, 2.24) is 0 Å². The lowest BCUT2D eigenvalue weighted by Crippen LogP contribution is -2.54. The van der Waals surface area contributed by atoms with Gasteiger partial charge in [0.2, 0.25) is 0 Å². The number of halogens is 1. The smallest absolute Gasteiger partial charge is 0.196 e. The van der Waals surface area contributed by atoms with E-state index in [-0.39, 0.29) is 5.54 Å². The predicted octanol–water partition coefficient (Wildman–Crippen LogP) is 3.67. The van der Waals surface area contributed by atoms with Crippen LogP contribution in [0.25, 0.3) is 0 Å². The van der Waals surface area contributed by atoms with Crippen LogP contribution in [0.1, 0.15) is 33.6 Å². The third kappa shape index (κ3) is 1.99. The minimum absolute atomic E-state index is 0.0122. The fraction of sp³-hybridized carbons (Fsp3) is 0.562. The first-order valence-corrected chi connectivity index (χ1v) is 7.58. The molecule has 2 aliphatic rings. The van der Waals surface area contributed by atoms with Crippen LogP contribution < -0.4 is 10.6 Å². The normalized spacial score (nSPS) is 31.9. The van der Waals surface area contributed by atoms with Crippen molar-refractivity contribution >= 4 is 23.2 Å². The number of benzene rings is 1. The van der Waals surface area contributed by atoms with Crippen molar-refractivity contribution in [3.8, 4) is 0 Å². The van der Waals surface area contributed by atoms with Crippen molar-refractivity contribution in [3.05, 3.63) is 29.3 Å². The summed E-state index contributed by atoms with van der Waals surface area (Å²) in [5.74, 6) is 1.18. The van der Waals surface area contributed by atoms with Gasteiger partial charge in [0.1, 0.15) is 0 Å². The summed E-state index contributed by atoms with van der Waals surface area (Å²) < 4.78 is 0. The van der Waals surface area contributed by atoms with Crippen molar-refractivity contribution in [3.63, 3.8) is 0 Å². The Labute approximate surface area is 125 Å². The number of rotatable bonds is 1. The molecular formula is C16H22ClN3. The molecule has 2 atom stereocenters. The van der Waals surface area contributed by atoms with E-state index in [1.807, 2.05) is 18.2 Å². The molecule has 3 nitrogen and oxygen atoms in total. The number of hydrogen-bond acceptors (Lipinski definition) is 3. The molecule has 4 heteroatoms. The van der Waals surface area contributed by atoms with Gasteiger partial charge in [0.15, 0.2) is 5.96 Å². The summed E-state index contributed by atoms with van der Waals surface area (Å²) in [7, 11) is 0. The molecule has 0 bridgehead atoms. The van der Waals surface area contributed by atoms with Gasteiger partial charge in [-0.3, -0.25) is 4.99 Å². The van der Waals surface area contributed by atoms with Crippen molar-refractivity contribution < 1.29 is 0 Å². The van der Waals surface area contributed by atoms with E-state index < -0.39 is 0 Å². The van der Waals surface area contributed by atoms with E-state index in [1.165, 1.54) is 6.42 Å². The summed E-state index contributed by atoms with van der Waals surface area (Å²) in [6.07, 6.45) is 2.31.